The number of carbonyl (C=O) groups is 2. The summed E-state index contributed by atoms with van der Waals surface area (Å²) in [6.45, 7) is 9.49. The number of morpholine rings is 1. The smallest absolute Gasteiger partial charge is 0.251 e. The van der Waals surface area contributed by atoms with Crippen molar-refractivity contribution in [2.45, 2.75) is 45.6 Å². The predicted molar refractivity (Wildman–Crippen MR) is 116 cm³/mol. The van der Waals surface area contributed by atoms with Crippen LogP contribution in [0.4, 0.5) is 0 Å². The summed E-state index contributed by atoms with van der Waals surface area (Å²) in [5.74, 6) is 1.52. The van der Waals surface area contributed by atoms with Crippen molar-refractivity contribution in [1.82, 2.24) is 15.1 Å². The van der Waals surface area contributed by atoms with Crippen LogP contribution in [-0.4, -0.2) is 73.6 Å². The Labute approximate surface area is 179 Å². The summed E-state index contributed by atoms with van der Waals surface area (Å²) in [5, 5.41) is 2.99. The summed E-state index contributed by atoms with van der Waals surface area (Å²) in [5.41, 5.74) is 2.82. The highest BCUT2D eigenvalue weighted by atomic mass is 16.5. The molecule has 2 aliphatic heterocycles. The Morgan fingerprint density at radius 2 is 1.83 bits per heavy atom. The van der Waals surface area contributed by atoms with Gasteiger partial charge in [-0.3, -0.25) is 9.59 Å². The predicted octanol–water partition coefficient (Wildman–Crippen LogP) is 2.38. The number of carbonyl (C=O) groups excluding carboxylic acids is 2. The molecule has 1 saturated carbocycles. The molecule has 4 rings (SSSR count). The van der Waals surface area contributed by atoms with Crippen LogP contribution in [0.3, 0.4) is 0 Å². The molecule has 164 valence electrons. The molecule has 6 heteroatoms. The first-order valence-corrected chi connectivity index (χ1v) is 11.4. The summed E-state index contributed by atoms with van der Waals surface area (Å²) in [6.07, 6.45) is 5.01. The van der Waals surface area contributed by atoms with Gasteiger partial charge in [-0.1, -0.05) is 17.7 Å². The third kappa shape index (κ3) is 5.61. The molecule has 2 heterocycles. The topological polar surface area (TPSA) is 61.9 Å². The number of rotatable bonds is 7. The van der Waals surface area contributed by atoms with Crippen molar-refractivity contribution in [3.63, 3.8) is 0 Å². The van der Waals surface area contributed by atoms with Gasteiger partial charge >= 0.3 is 0 Å². The number of ether oxygens (including phenoxy) is 1. The van der Waals surface area contributed by atoms with E-state index < -0.39 is 0 Å². The summed E-state index contributed by atoms with van der Waals surface area (Å²) in [7, 11) is 0. The Morgan fingerprint density at radius 3 is 2.53 bits per heavy atom. The molecule has 6 nitrogen and oxygen atoms in total. The first-order valence-electron chi connectivity index (χ1n) is 11.4. The number of benzene rings is 1. The highest BCUT2D eigenvalue weighted by molar-refractivity contribution is 5.95. The van der Waals surface area contributed by atoms with E-state index in [2.05, 4.69) is 10.2 Å². The maximum atomic E-state index is 12.5. The second-order valence-electron chi connectivity index (χ2n) is 9.45. The Hall–Kier alpha value is -1.92. The molecule has 1 aromatic rings. The molecule has 1 atom stereocenters. The molecule has 30 heavy (non-hydrogen) atoms. The summed E-state index contributed by atoms with van der Waals surface area (Å²) < 4.78 is 5.70. The van der Waals surface area contributed by atoms with Crippen molar-refractivity contribution in [1.29, 1.82) is 0 Å². The fraction of sp³-hybridized carbons (Fsp3) is 0.667. The molecule has 0 radical (unpaired) electrons. The van der Waals surface area contributed by atoms with Gasteiger partial charge in [0.2, 0.25) is 5.91 Å². The molecule has 0 spiro atoms. The number of likely N-dealkylation sites (tertiary alicyclic amines) is 1. The van der Waals surface area contributed by atoms with Gasteiger partial charge in [0.25, 0.3) is 5.91 Å². The number of hydrogen-bond acceptors (Lipinski definition) is 4. The summed E-state index contributed by atoms with van der Waals surface area (Å²) in [4.78, 5) is 29.5. The Bertz CT molecular complexity index is 769. The quantitative estimate of drug-likeness (QED) is 0.746. The average molecular weight is 414 g/mol. The zero-order chi connectivity index (χ0) is 21.1. The Morgan fingerprint density at radius 1 is 1.10 bits per heavy atom. The van der Waals surface area contributed by atoms with Crippen molar-refractivity contribution >= 4 is 11.8 Å². The van der Waals surface area contributed by atoms with Gasteiger partial charge in [-0.25, -0.2) is 0 Å². The average Bonchev–Trinajstić information content (AvgIpc) is 3.54. The van der Waals surface area contributed by atoms with Crippen LogP contribution < -0.4 is 5.32 Å². The molecule has 0 bridgehead atoms. The third-order valence-electron chi connectivity index (χ3n) is 6.74. The van der Waals surface area contributed by atoms with Crippen molar-refractivity contribution in [2.75, 3.05) is 45.9 Å². The second kappa shape index (κ2) is 9.48. The SMILES string of the molecule is Cc1ccc(C(=O)NC[C@@H]2CN(CC3CCN(CC4CC4)CC3)C(=O)CO2)c(C)c1. The molecule has 1 aliphatic carbocycles. The van der Waals surface area contributed by atoms with E-state index in [1.54, 1.807) is 0 Å². The minimum absolute atomic E-state index is 0.0763. The normalized spacial score (nSPS) is 23.6. The van der Waals surface area contributed by atoms with Gasteiger partial charge in [-0.05, 0) is 76.1 Å². The molecule has 0 aromatic heterocycles. The molecule has 2 saturated heterocycles. The lowest BCUT2D eigenvalue weighted by Crippen LogP contribution is -2.52. The molecule has 2 amide bonds. The molecule has 0 unspecified atom stereocenters. The Balaban J connectivity index is 1.23. The van der Waals surface area contributed by atoms with Crippen LogP contribution in [0.2, 0.25) is 0 Å². The van der Waals surface area contributed by atoms with Crippen LogP contribution in [0, 0.1) is 25.7 Å². The number of piperidine rings is 1. The van der Waals surface area contributed by atoms with E-state index in [0.717, 1.165) is 36.7 Å². The van der Waals surface area contributed by atoms with Crippen molar-refractivity contribution in [3.05, 3.63) is 34.9 Å². The van der Waals surface area contributed by atoms with Crippen molar-refractivity contribution in [2.24, 2.45) is 11.8 Å². The van der Waals surface area contributed by atoms with Gasteiger partial charge in [0, 0.05) is 31.7 Å². The van der Waals surface area contributed by atoms with Gasteiger partial charge in [0.1, 0.15) is 6.61 Å². The number of amides is 2. The molecule has 1 N–H and O–H groups in total. The van der Waals surface area contributed by atoms with Crippen LogP contribution >= 0.6 is 0 Å². The first-order chi connectivity index (χ1) is 14.5. The van der Waals surface area contributed by atoms with E-state index in [0.29, 0.717) is 24.6 Å². The van der Waals surface area contributed by atoms with E-state index in [1.807, 2.05) is 36.9 Å². The number of aryl methyl sites for hydroxylation is 2. The minimum atomic E-state index is -0.146. The van der Waals surface area contributed by atoms with Crippen LogP contribution in [-0.2, 0) is 9.53 Å². The zero-order valence-corrected chi connectivity index (χ0v) is 18.4. The highest BCUT2D eigenvalue weighted by Gasteiger charge is 2.31. The van der Waals surface area contributed by atoms with Crippen LogP contribution in [0.15, 0.2) is 18.2 Å². The maximum absolute atomic E-state index is 12.5. The second-order valence-corrected chi connectivity index (χ2v) is 9.45. The molecule has 1 aromatic carbocycles. The van der Waals surface area contributed by atoms with Gasteiger partial charge in [-0.15, -0.1) is 0 Å². The molecular formula is C24H35N3O3. The van der Waals surface area contributed by atoms with Gasteiger partial charge in [-0.2, -0.15) is 0 Å². The zero-order valence-electron chi connectivity index (χ0n) is 18.4. The van der Waals surface area contributed by atoms with Crippen LogP contribution in [0.25, 0.3) is 0 Å². The highest BCUT2D eigenvalue weighted by Crippen LogP contribution is 2.31. The van der Waals surface area contributed by atoms with Gasteiger partial charge < -0.3 is 19.9 Å². The lowest BCUT2D eigenvalue weighted by atomic mass is 9.95. The van der Waals surface area contributed by atoms with E-state index in [1.165, 1.54) is 32.2 Å². The number of hydrogen-bond donors (Lipinski definition) is 1. The largest absolute Gasteiger partial charge is 0.365 e. The maximum Gasteiger partial charge on any atom is 0.251 e. The fourth-order valence-corrected chi connectivity index (χ4v) is 4.68. The summed E-state index contributed by atoms with van der Waals surface area (Å²) in [6, 6.07) is 5.84. The lowest BCUT2D eigenvalue weighted by Gasteiger charge is -2.38. The summed E-state index contributed by atoms with van der Waals surface area (Å²) >= 11 is 0. The van der Waals surface area contributed by atoms with E-state index in [9.17, 15) is 9.59 Å². The Kier molecular flexibility index (Phi) is 6.74. The first kappa shape index (κ1) is 21.3. The fourth-order valence-electron chi connectivity index (χ4n) is 4.68. The lowest BCUT2D eigenvalue weighted by molar-refractivity contribution is -0.149. The molecule has 3 aliphatic rings. The van der Waals surface area contributed by atoms with Gasteiger partial charge in [0.15, 0.2) is 0 Å². The standard InChI is InChI=1S/C24H35N3O3/c1-17-3-6-22(18(2)11-17)24(29)25-12-21-15-27(23(28)16-30-21)14-20-7-9-26(10-8-20)13-19-4-5-19/h3,6,11,19-21H,4-5,7-10,12-16H2,1-2H3,(H,25,29)/t21-/m1/s1. The van der Waals surface area contributed by atoms with Crippen molar-refractivity contribution in [3.8, 4) is 0 Å². The molecule has 3 fully saturated rings. The molecular weight excluding hydrogens is 378 g/mol. The van der Waals surface area contributed by atoms with E-state index >= 15 is 0 Å². The van der Waals surface area contributed by atoms with E-state index in [-0.39, 0.29) is 24.5 Å². The van der Waals surface area contributed by atoms with E-state index in [4.69, 9.17) is 4.74 Å². The monoisotopic (exact) mass is 413 g/mol. The third-order valence-corrected chi connectivity index (χ3v) is 6.74. The van der Waals surface area contributed by atoms with Gasteiger partial charge in [0.05, 0.1) is 6.10 Å². The number of nitrogens with zero attached hydrogens (tertiary/aromatic N) is 2. The van der Waals surface area contributed by atoms with Crippen LogP contribution in [0.5, 0.6) is 0 Å². The van der Waals surface area contributed by atoms with Crippen LogP contribution in [0.1, 0.15) is 47.2 Å². The minimum Gasteiger partial charge on any atom is -0.365 e. The van der Waals surface area contributed by atoms with Crippen molar-refractivity contribution < 1.29 is 14.3 Å². The number of nitrogens with one attached hydrogen (secondary N) is 1.